The van der Waals surface area contributed by atoms with Crippen LogP contribution in [0.3, 0.4) is 0 Å². The zero-order valence-corrected chi connectivity index (χ0v) is 9.83. The van der Waals surface area contributed by atoms with Gasteiger partial charge < -0.3 is 0 Å². The number of aliphatic imine (C=N–C) groups is 1. The number of nitriles is 1. The molecular formula is C14H16N2. The smallest absolute Gasteiger partial charge is 0.0846 e. The number of hydrogen-bond donors (Lipinski definition) is 0. The SMILES string of the molecule is Cc1ccc(C)c(N=C2CCCC2C#N)c1. The van der Waals surface area contributed by atoms with Crippen LogP contribution in [0, 0.1) is 31.1 Å². The first-order chi connectivity index (χ1) is 7.70. The summed E-state index contributed by atoms with van der Waals surface area (Å²) in [5.41, 5.74) is 4.49. The van der Waals surface area contributed by atoms with Crippen molar-refractivity contribution in [3.63, 3.8) is 0 Å². The van der Waals surface area contributed by atoms with Crippen molar-refractivity contribution >= 4 is 11.4 Å². The van der Waals surface area contributed by atoms with Gasteiger partial charge in [-0.1, -0.05) is 12.1 Å². The predicted octanol–water partition coefficient (Wildman–Crippen LogP) is 3.70. The molecule has 1 unspecified atom stereocenters. The Morgan fingerprint density at radius 2 is 2.19 bits per heavy atom. The van der Waals surface area contributed by atoms with Gasteiger partial charge in [-0.15, -0.1) is 0 Å². The Hall–Kier alpha value is -1.62. The van der Waals surface area contributed by atoms with Crippen LogP contribution in [0.4, 0.5) is 5.69 Å². The van der Waals surface area contributed by atoms with Crippen molar-refractivity contribution in [2.45, 2.75) is 33.1 Å². The number of hydrogen-bond acceptors (Lipinski definition) is 2. The molecule has 16 heavy (non-hydrogen) atoms. The van der Waals surface area contributed by atoms with Gasteiger partial charge in [0, 0.05) is 5.71 Å². The molecule has 1 aliphatic rings. The molecule has 0 radical (unpaired) electrons. The largest absolute Gasteiger partial charge is 0.256 e. The summed E-state index contributed by atoms with van der Waals surface area (Å²) in [7, 11) is 0. The van der Waals surface area contributed by atoms with Gasteiger partial charge in [-0.25, -0.2) is 0 Å². The second kappa shape index (κ2) is 4.49. The molecule has 1 atom stereocenters. The van der Waals surface area contributed by atoms with Crippen molar-refractivity contribution in [2.75, 3.05) is 0 Å². The third kappa shape index (κ3) is 2.14. The topological polar surface area (TPSA) is 36.1 Å². The Morgan fingerprint density at radius 3 is 2.94 bits per heavy atom. The van der Waals surface area contributed by atoms with E-state index >= 15 is 0 Å². The van der Waals surface area contributed by atoms with Gasteiger partial charge in [0.2, 0.25) is 0 Å². The molecule has 0 N–H and O–H groups in total. The molecule has 0 amide bonds. The minimum absolute atomic E-state index is 0.0416. The number of aryl methyl sites for hydroxylation is 2. The summed E-state index contributed by atoms with van der Waals surface area (Å²) in [5.74, 6) is 0.0416. The molecule has 1 aromatic carbocycles. The van der Waals surface area contributed by atoms with Crippen LogP contribution in [0.2, 0.25) is 0 Å². The summed E-state index contributed by atoms with van der Waals surface area (Å²) in [6.07, 6.45) is 3.05. The maximum absolute atomic E-state index is 9.01. The number of rotatable bonds is 1. The third-order valence-corrected chi connectivity index (χ3v) is 3.11. The molecule has 0 aromatic heterocycles. The molecule has 0 heterocycles. The van der Waals surface area contributed by atoms with E-state index in [0.29, 0.717) is 0 Å². The summed E-state index contributed by atoms with van der Waals surface area (Å²) in [6.45, 7) is 4.13. The Balaban J connectivity index is 2.35. The first-order valence-corrected chi connectivity index (χ1v) is 5.75. The lowest BCUT2D eigenvalue weighted by Gasteiger charge is -2.05. The van der Waals surface area contributed by atoms with Crippen LogP contribution in [0.1, 0.15) is 30.4 Å². The van der Waals surface area contributed by atoms with E-state index in [1.807, 2.05) is 0 Å². The highest BCUT2D eigenvalue weighted by Crippen LogP contribution is 2.27. The van der Waals surface area contributed by atoms with Crippen molar-refractivity contribution in [2.24, 2.45) is 10.9 Å². The van der Waals surface area contributed by atoms with Crippen LogP contribution in [-0.4, -0.2) is 5.71 Å². The van der Waals surface area contributed by atoms with E-state index in [9.17, 15) is 0 Å². The van der Waals surface area contributed by atoms with Crippen LogP contribution in [0.5, 0.6) is 0 Å². The van der Waals surface area contributed by atoms with Crippen LogP contribution < -0.4 is 0 Å². The molecule has 2 nitrogen and oxygen atoms in total. The average Bonchev–Trinajstić information content (AvgIpc) is 2.71. The van der Waals surface area contributed by atoms with Crippen LogP contribution in [0.15, 0.2) is 23.2 Å². The fourth-order valence-electron chi connectivity index (χ4n) is 2.10. The van der Waals surface area contributed by atoms with Crippen LogP contribution in [0.25, 0.3) is 0 Å². The second-order valence-electron chi connectivity index (χ2n) is 4.47. The maximum atomic E-state index is 9.01. The Kier molecular flexibility index (Phi) is 3.05. The molecule has 1 aliphatic carbocycles. The Bertz CT molecular complexity index is 466. The highest BCUT2D eigenvalue weighted by atomic mass is 14.8. The van der Waals surface area contributed by atoms with Gasteiger partial charge in [0.15, 0.2) is 0 Å². The van der Waals surface area contributed by atoms with Gasteiger partial charge >= 0.3 is 0 Å². The van der Waals surface area contributed by atoms with E-state index < -0.39 is 0 Å². The fourth-order valence-corrected chi connectivity index (χ4v) is 2.10. The van der Waals surface area contributed by atoms with Crippen molar-refractivity contribution in [3.05, 3.63) is 29.3 Å². The molecule has 0 bridgehead atoms. The highest BCUT2D eigenvalue weighted by Gasteiger charge is 2.22. The average molecular weight is 212 g/mol. The first kappa shape index (κ1) is 10.9. The van der Waals surface area contributed by atoms with Crippen molar-refractivity contribution in [1.29, 1.82) is 5.26 Å². The molecule has 0 spiro atoms. The summed E-state index contributed by atoms with van der Waals surface area (Å²) in [6, 6.07) is 8.61. The Labute approximate surface area is 96.6 Å². The van der Waals surface area contributed by atoms with Crippen LogP contribution >= 0.6 is 0 Å². The van der Waals surface area contributed by atoms with Gasteiger partial charge in [0.1, 0.15) is 0 Å². The molecule has 0 aliphatic heterocycles. The Morgan fingerprint density at radius 1 is 1.38 bits per heavy atom. The van der Waals surface area contributed by atoms with Gasteiger partial charge in [0.05, 0.1) is 17.7 Å². The van der Waals surface area contributed by atoms with Gasteiger partial charge in [0.25, 0.3) is 0 Å². The van der Waals surface area contributed by atoms with E-state index in [1.54, 1.807) is 0 Å². The molecule has 0 saturated heterocycles. The van der Waals surface area contributed by atoms with Crippen molar-refractivity contribution in [3.8, 4) is 6.07 Å². The molecule has 2 rings (SSSR count). The van der Waals surface area contributed by atoms with E-state index in [1.165, 1.54) is 11.1 Å². The molecule has 1 fully saturated rings. The van der Waals surface area contributed by atoms with E-state index in [2.05, 4.69) is 43.1 Å². The normalized spacial score (nSPS) is 22.3. The van der Waals surface area contributed by atoms with Gasteiger partial charge in [-0.05, 0) is 50.3 Å². The van der Waals surface area contributed by atoms with Crippen molar-refractivity contribution in [1.82, 2.24) is 0 Å². The minimum atomic E-state index is 0.0416. The summed E-state index contributed by atoms with van der Waals surface area (Å²) < 4.78 is 0. The molecule has 1 aromatic rings. The molecule has 82 valence electrons. The molecular weight excluding hydrogens is 196 g/mol. The standard InChI is InChI=1S/C14H16N2/c1-10-6-7-11(2)14(8-10)16-13-5-3-4-12(13)9-15/h6-8,12H,3-5H2,1-2H3. The number of nitrogens with zero attached hydrogens (tertiary/aromatic N) is 2. The summed E-state index contributed by atoms with van der Waals surface area (Å²) >= 11 is 0. The fraction of sp³-hybridized carbons (Fsp3) is 0.429. The minimum Gasteiger partial charge on any atom is -0.256 e. The van der Waals surface area contributed by atoms with Gasteiger partial charge in [-0.2, -0.15) is 5.26 Å². The molecule has 1 saturated carbocycles. The zero-order chi connectivity index (χ0) is 11.5. The van der Waals surface area contributed by atoms with E-state index in [4.69, 9.17) is 5.26 Å². The quantitative estimate of drug-likeness (QED) is 0.699. The third-order valence-electron chi connectivity index (χ3n) is 3.11. The second-order valence-corrected chi connectivity index (χ2v) is 4.47. The van der Waals surface area contributed by atoms with E-state index in [0.717, 1.165) is 30.7 Å². The summed E-state index contributed by atoms with van der Waals surface area (Å²) in [4.78, 5) is 4.66. The maximum Gasteiger partial charge on any atom is 0.0846 e. The summed E-state index contributed by atoms with van der Waals surface area (Å²) in [5, 5.41) is 9.01. The monoisotopic (exact) mass is 212 g/mol. The molecule has 2 heteroatoms. The highest BCUT2D eigenvalue weighted by molar-refractivity contribution is 5.92. The van der Waals surface area contributed by atoms with Crippen molar-refractivity contribution < 1.29 is 0 Å². The van der Waals surface area contributed by atoms with Gasteiger partial charge in [-0.3, -0.25) is 4.99 Å². The zero-order valence-electron chi connectivity index (χ0n) is 9.83. The lowest BCUT2D eigenvalue weighted by atomic mass is 10.1. The van der Waals surface area contributed by atoms with E-state index in [-0.39, 0.29) is 5.92 Å². The lowest BCUT2D eigenvalue weighted by molar-refractivity contribution is 0.795. The first-order valence-electron chi connectivity index (χ1n) is 5.75. The lowest BCUT2D eigenvalue weighted by Crippen LogP contribution is -2.03. The van der Waals surface area contributed by atoms with Crippen LogP contribution in [-0.2, 0) is 0 Å². The predicted molar refractivity (Wildman–Crippen MR) is 66.0 cm³/mol. The number of benzene rings is 1.